The van der Waals surface area contributed by atoms with Crippen molar-refractivity contribution in [2.45, 2.75) is 6.92 Å². The van der Waals surface area contributed by atoms with Crippen LogP contribution in [0.15, 0.2) is 45.3 Å². The van der Waals surface area contributed by atoms with Crippen LogP contribution in [0.25, 0.3) is 0 Å². The molecule has 120 valence electrons. The highest BCUT2D eigenvalue weighted by molar-refractivity contribution is 9.10. The number of carbonyl (C=O) groups excluding carboxylic acids is 1. The lowest BCUT2D eigenvalue weighted by Crippen LogP contribution is -2.25. The maximum Gasteiger partial charge on any atom is 0.312 e. The molecule has 0 fully saturated rings. The van der Waals surface area contributed by atoms with Gasteiger partial charge in [-0.25, -0.2) is 5.43 Å². The smallest absolute Gasteiger partial charge is 0.312 e. The van der Waals surface area contributed by atoms with E-state index in [1.807, 2.05) is 17.5 Å². The number of benzene rings is 1. The van der Waals surface area contributed by atoms with Gasteiger partial charge in [-0.2, -0.15) is 5.10 Å². The molecule has 0 radical (unpaired) electrons. The van der Waals surface area contributed by atoms with Crippen LogP contribution in [0.4, 0.5) is 5.69 Å². The van der Waals surface area contributed by atoms with Crippen molar-refractivity contribution >= 4 is 44.6 Å². The van der Waals surface area contributed by atoms with Crippen molar-refractivity contribution in [1.82, 2.24) is 5.43 Å². The largest absolute Gasteiger partial charge is 0.477 e. The Balaban J connectivity index is 1.95. The van der Waals surface area contributed by atoms with Crippen molar-refractivity contribution in [3.8, 4) is 5.75 Å². The Morgan fingerprint density at radius 2 is 2.26 bits per heavy atom. The molecule has 0 unspecified atom stereocenters. The van der Waals surface area contributed by atoms with Gasteiger partial charge in [-0.3, -0.25) is 14.9 Å². The molecule has 0 atom stereocenters. The molecule has 1 heterocycles. The number of amides is 1. The molecule has 0 spiro atoms. The summed E-state index contributed by atoms with van der Waals surface area (Å²) in [6.07, 6.45) is 0. The molecule has 0 aliphatic carbocycles. The number of nitrogens with one attached hydrogen (secondary N) is 1. The van der Waals surface area contributed by atoms with E-state index in [2.05, 4.69) is 26.5 Å². The Morgan fingerprint density at radius 3 is 2.91 bits per heavy atom. The van der Waals surface area contributed by atoms with Crippen LogP contribution < -0.4 is 10.2 Å². The first-order valence-electron chi connectivity index (χ1n) is 6.41. The molecule has 1 N–H and O–H groups in total. The summed E-state index contributed by atoms with van der Waals surface area (Å²) in [6, 6.07) is 8.11. The minimum atomic E-state index is -0.572. The highest BCUT2D eigenvalue weighted by Crippen LogP contribution is 2.29. The second kappa shape index (κ2) is 7.84. The number of hydrogen-bond donors (Lipinski definition) is 1. The number of halogens is 1. The van der Waals surface area contributed by atoms with Crippen molar-refractivity contribution in [1.29, 1.82) is 0 Å². The van der Waals surface area contributed by atoms with Gasteiger partial charge < -0.3 is 4.74 Å². The quantitative estimate of drug-likeness (QED) is 0.459. The Hall–Kier alpha value is -2.26. The van der Waals surface area contributed by atoms with E-state index in [1.54, 1.807) is 13.0 Å². The lowest BCUT2D eigenvalue weighted by Gasteiger charge is -2.06. The standard InChI is InChI=1S/C14H12BrN3O4S/c1-9(13-3-2-6-23-13)16-17-14(19)8-22-12-5-4-10(15)7-11(12)18(20)21/h2-7H,8H2,1H3,(H,17,19)/b16-9-. The van der Waals surface area contributed by atoms with Gasteiger partial charge in [0.1, 0.15) is 0 Å². The van der Waals surface area contributed by atoms with Crippen LogP contribution in [0.3, 0.4) is 0 Å². The van der Waals surface area contributed by atoms with Gasteiger partial charge in [0.15, 0.2) is 12.4 Å². The summed E-state index contributed by atoms with van der Waals surface area (Å²) in [7, 11) is 0. The normalized spacial score (nSPS) is 11.1. The van der Waals surface area contributed by atoms with Gasteiger partial charge in [-0.15, -0.1) is 11.3 Å². The third-order valence-corrected chi connectivity index (χ3v) is 4.17. The molecule has 1 aromatic heterocycles. The average molecular weight is 398 g/mol. The van der Waals surface area contributed by atoms with Gasteiger partial charge >= 0.3 is 5.69 Å². The third kappa shape index (κ3) is 4.86. The zero-order valence-electron chi connectivity index (χ0n) is 12.0. The molecule has 1 aromatic carbocycles. The van der Waals surface area contributed by atoms with Crippen LogP contribution in [0.1, 0.15) is 11.8 Å². The number of thiophene rings is 1. The molecule has 2 rings (SSSR count). The molecule has 7 nitrogen and oxygen atoms in total. The summed E-state index contributed by atoms with van der Waals surface area (Å²) >= 11 is 4.65. The number of nitro benzene ring substituents is 1. The summed E-state index contributed by atoms with van der Waals surface area (Å²) in [5.41, 5.74) is 2.80. The average Bonchev–Trinajstić information content (AvgIpc) is 3.05. The number of nitrogens with zero attached hydrogens (tertiary/aromatic N) is 2. The van der Waals surface area contributed by atoms with Gasteiger partial charge in [-0.1, -0.05) is 22.0 Å². The predicted octanol–water partition coefficient (Wildman–Crippen LogP) is 3.34. The molecule has 0 aliphatic heterocycles. The topological polar surface area (TPSA) is 93.8 Å². The second-order valence-electron chi connectivity index (χ2n) is 4.37. The minimum Gasteiger partial charge on any atom is -0.477 e. The zero-order valence-corrected chi connectivity index (χ0v) is 14.4. The molecule has 9 heteroatoms. The molecular weight excluding hydrogens is 386 g/mol. The van der Waals surface area contributed by atoms with Crippen LogP contribution in [-0.4, -0.2) is 23.1 Å². The van der Waals surface area contributed by atoms with Gasteiger partial charge in [0, 0.05) is 15.4 Å². The fourth-order valence-corrected chi connectivity index (χ4v) is 2.64. The van der Waals surface area contributed by atoms with Crippen LogP contribution in [0, 0.1) is 10.1 Å². The first-order chi connectivity index (χ1) is 11.0. The van der Waals surface area contributed by atoms with Crippen molar-refractivity contribution in [2.24, 2.45) is 5.10 Å². The monoisotopic (exact) mass is 397 g/mol. The van der Waals surface area contributed by atoms with Crippen LogP contribution in [0.2, 0.25) is 0 Å². The SMILES string of the molecule is C/C(=N/NC(=O)COc1ccc(Br)cc1[N+](=O)[O-])c1cccs1. The lowest BCUT2D eigenvalue weighted by atomic mass is 10.3. The number of hydrogen-bond acceptors (Lipinski definition) is 6. The molecule has 0 saturated carbocycles. The van der Waals surface area contributed by atoms with E-state index < -0.39 is 10.8 Å². The maximum atomic E-state index is 11.7. The number of ether oxygens (including phenoxy) is 1. The predicted molar refractivity (Wildman–Crippen MR) is 91.0 cm³/mol. The Morgan fingerprint density at radius 1 is 1.48 bits per heavy atom. The summed E-state index contributed by atoms with van der Waals surface area (Å²) in [5.74, 6) is -0.481. The fraction of sp³-hybridized carbons (Fsp3) is 0.143. The van der Waals surface area contributed by atoms with Crippen molar-refractivity contribution in [3.05, 3.63) is 55.2 Å². The van der Waals surface area contributed by atoms with Crippen LogP contribution >= 0.6 is 27.3 Å². The molecule has 0 saturated heterocycles. The van der Waals surface area contributed by atoms with E-state index in [-0.39, 0.29) is 18.0 Å². The van der Waals surface area contributed by atoms with E-state index in [9.17, 15) is 14.9 Å². The Bertz CT molecular complexity index is 746. The first-order valence-corrected chi connectivity index (χ1v) is 8.08. The van der Waals surface area contributed by atoms with Gasteiger partial charge in [0.2, 0.25) is 0 Å². The van der Waals surface area contributed by atoms with Crippen molar-refractivity contribution in [2.75, 3.05) is 6.61 Å². The Labute approximate surface area is 144 Å². The van der Waals surface area contributed by atoms with E-state index in [4.69, 9.17) is 4.74 Å². The molecule has 23 heavy (non-hydrogen) atoms. The second-order valence-corrected chi connectivity index (χ2v) is 6.23. The summed E-state index contributed by atoms with van der Waals surface area (Å²) in [6.45, 7) is 1.40. The molecule has 1 amide bonds. The van der Waals surface area contributed by atoms with Gasteiger partial charge in [0.05, 0.1) is 10.6 Å². The van der Waals surface area contributed by atoms with E-state index in [0.717, 1.165) is 4.88 Å². The highest BCUT2D eigenvalue weighted by Gasteiger charge is 2.16. The van der Waals surface area contributed by atoms with Crippen LogP contribution in [-0.2, 0) is 4.79 Å². The van der Waals surface area contributed by atoms with Crippen molar-refractivity contribution < 1.29 is 14.5 Å². The summed E-state index contributed by atoms with van der Waals surface area (Å²) in [4.78, 5) is 23.0. The summed E-state index contributed by atoms with van der Waals surface area (Å²) < 4.78 is 5.75. The zero-order chi connectivity index (χ0) is 16.8. The van der Waals surface area contributed by atoms with E-state index >= 15 is 0 Å². The van der Waals surface area contributed by atoms with Gasteiger partial charge in [-0.05, 0) is 30.5 Å². The van der Waals surface area contributed by atoms with E-state index in [1.165, 1.54) is 23.5 Å². The number of hydrazone groups is 1. The van der Waals surface area contributed by atoms with E-state index in [0.29, 0.717) is 10.2 Å². The fourth-order valence-electron chi connectivity index (χ4n) is 1.62. The summed E-state index contributed by atoms with van der Waals surface area (Å²) in [5, 5.41) is 16.8. The van der Waals surface area contributed by atoms with Crippen molar-refractivity contribution in [3.63, 3.8) is 0 Å². The maximum absolute atomic E-state index is 11.7. The number of rotatable bonds is 6. The van der Waals surface area contributed by atoms with Gasteiger partial charge in [0.25, 0.3) is 5.91 Å². The third-order valence-electron chi connectivity index (χ3n) is 2.70. The highest BCUT2D eigenvalue weighted by atomic mass is 79.9. The minimum absolute atomic E-state index is 0.0207. The number of carbonyl (C=O) groups is 1. The lowest BCUT2D eigenvalue weighted by molar-refractivity contribution is -0.385. The Kier molecular flexibility index (Phi) is 5.83. The molecule has 2 aromatic rings. The van der Waals surface area contributed by atoms with Crippen LogP contribution in [0.5, 0.6) is 5.75 Å². The molecule has 0 aliphatic rings. The molecule has 0 bridgehead atoms. The molecular formula is C14H12BrN3O4S. The first kappa shape index (κ1) is 17.1. The number of nitro groups is 1.